The summed E-state index contributed by atoms with van der Waals surface area (Å²) in [6.45, 7) is 15.1. The normalized spacial score (nSPS) is 13.3. The zero-order chi connectivity index (χ0) is 24.6. The third kappa shape index (κ3) is 8.03. The van der Waals surface area contributed by atoms with Gasteiger partial charge in [0.25, 0.3) is 0 Å². The van der Waals surface area contributed by atoms with E-state index in [1.165, 1.54) is 11.1 Å². The van der Waals surface area contributed by atoms with Gasteiger partial charge in [0, 0.05) is 19.0 Å². The molecule has 0 aliphatic carbocycles. The molecule has 0 aliphatic heterocycles. The lowest BCUT2D eigenvalue weighted by Gasteiger charge is -2.31. The van der Waals surface area contributed by atoms with E-state index < -0.39 is 6.04 Å². The van der Waals surface area contributed by atoms with Gasteiger partial charge in [-0.2, -0.15) is 0 Å². The Morgan fingerprint density at radius 2 is 1.48 bits per heavy atom. The van der Waals surface area contributed by atoms with Gasteiger partial charge in [-0.05, 0) is 55.2 Å². The monoisotopic (exact) mass is 450 g/mol. The number of nitrogens with zero attached hydrogens (tertiary/aromatic N) is 1. The van der Waals surface area contributed by atoms with Crippen LogP contribution in [0.4, 0.5) is 0 Å². The molecule has 0 saturated heterocycles. The van der Waals surface area contributed by atoms with Crippen LogP contribution < -0.4 is 5.32 Å². The molecule has 0 heterocycles. The van der Waals surface area contributed by atoms with Crippen LogP contribution in [0.2, 0.25) is 0 Å². The highest BCUT2D eigenvalue weighted by atomic mass is 16.2. The van der Waals surface area contributed by atoms with Gasteiger partial charge in [0.05, 0.1) is 0 Å². The third-order valence-electron chi connectivity index (χ3n) is 6.31. The average molecular weight is 451 g/mol. The van der Waals surface area contributed by atoms with Gasteiger partial charge in [-0.15, -0.1) is 0 Å². The van der Waals surface area contributed by atoms with Crippen LogP contribution in [-0.4, -0.2) is 28.8 Å². The molecule has 0 aliphatic rings. The predicted molar refractivity (Wildman–Crippen MR) is 137 cm³/mol. The summed E-state index contributed by atoms with van der Waals surface area (Å²) in [6, 6.07) is 16.3. The molecule has 4 nitrogen and oxygen atoms in total. The quantitative estimate of drug-likeness (QED) is 0.486. The Hall–Kier alpha value is -2.62. The van der Waals surface area contributed by atoms with Crippen LogP contribution in [0, 0.1) is 6.92 Å². The molecule has 0 bridgehead atoms. The second kappa shape index (κ2) is 12.0. The summed E-state index contributed by atoms with van der Waals surface area (Å²) in [5.74, 6) is -0.0523. The van der Waals surface area contributed by atoms with Crippen molar-refractivity contribution in [3.05, 3.63) is 70.8 Å². The van der Waals surface area contributed by atoms with Gasteiger partial charge in [-0.1, -0.05) is 88.7 Å². The molecule has 0 spiro atoms. The molecule has 2 aromatic rings. The average Bonchev–Trinajstić information content (AvgIpc) is 2.78. The highest BCUT2D eigenvalue weighted by Gasteiger charge is 2.29. The first-order chi connectivity index (χ1) is 15.5. The minimum Gasteiger partial charge on any atom is -0.352 e. The predicted octanol–water partition coefficient (Wildman–Crippen LogP) is 5.95. The van der Waals surface area contributed by atoms with Crippen molar-refractivity contribution in [2.45, 2.75) is 98.2 Å². The van der Waals surface area contributed by atoms with Crippen molar-refractivity contribution in [1.82, 2.24) is 10.2 Å². The van der Waals surface area contributed by atoms with Crippen LogP contribution in [-0.2, 0) is 28.0 Å². The second-order valence-corrected chi connectivity index (χ2v) is 10.2. The standard InChI is InChI=1S/C29H42N2O2/c1-8-22(4)30-28(33)26(9-2)31(20-24-12-10-21(3)11-13-24)27(32)19-16-23-14-17-25(18-15-23)29(5,6)7/h10-15,17-18,22,26H,8-9,16,19-20H2,1-7H3,(H,30,33)/t22-,26-/m0/s1. The molecule has 2 atom stereocenters. The lowest BCUT2D eigenvalue weighted by atomic mass is 9.86. The highest BCUT2D eigenvalue weighted by molar-refractivity contribution is 5.87. The van der Waals surface area contributed by atoms with E-state index in [4.69, 9.17) is 0 Å². The van der Waals surface area contributed by atoms with Gasteiger partial charge in [-0.3, -0.25) is 9.59 Å². The Bertz CT molecular complexity index is 895. The van der Waals surface area contributed by atoms with Crippen molar-refractivity contribution >= 4 is 11.8 Å². The van der Waals surface area contributed by atoms with Crippen molar-refractivity contribution < 1.29 is 9.59 Å². The van der Waals surface area contributed by atoms with Crippen LogP contribution in [0.25, 0.3) is 0 Å². The Morgan fingerprint density at radius 1 is 0.909 bits per heavy atom. The SMILES string of the molecule is CC[C@H](C)NC(=O)[C@H](CC)N(Cc1ccc(C)cc1)C(=O)CCc1ccc(C(C)(C)C)cc1. The third-order valence-corrected chi connectivity index (χ3v) is 6.31. The summed E-state index contributed by atoms with van der Waals surface area (Å²) < 4.78 is 0. The maximum absolute atomic E-state index is 13.4. The Balaban J connectivity index is 2.19. The van der Waals surface area contributed by atoms with Gasteiger partial charge in [0.2, 0.25) is 11.8 Å². The van der Waals surface area contributed by atoms with E-state index in [-0.39, 0.29) is 23.3 Å². The number of amides is 2. The highest BCUT2D eigenvalue weighted by Crippen LogP contribution is 2.23. The summed E-state index contributed by atoms with van der Waals surface area (Å²) in [4.78, 5) is 28.2. The minimum atomic E-state index is -0.476. The van der Waals surface area contributed by atoms with Crippen LogP contribution in [0.1, 0.15) is 83.1 Å². The first-order valence-corrected chi connectivity index (χ1v) is 12.3. The van der Waals surface area contributed by atoms with E-state index in [9.17, 15) is 9.59 Å². The smallest absolute Gasteiger partial charge is 0.243 e. The number of rotatable bonds is 10. The fourth-order valence-electron chi connectivity index (χ4n) is 3.82. The molecule has 1 N–H and O–H groups in total. The van der Waals surface area contributed by atoms with Gasteiger partial charge < -0.3 is 10.2 Å². The molecule has 0 radical (unpaired) electrons. The maximum atomic E-state index is 13.4. The lowest BCUT2D eigenvalue weighted by Crippen LogP contribution is -2.50. The summed E-state index contributed by atoms with van der Waals surface area (Å²) in [6.07, 6.45) is 2.49. The fourth-order valence-corrected chi connectivity index (χ4v) is 3.82. The first-order valence-electron chi connectivity index (χ1n) is 12.3. The molecular formula is C29H42N2O2. The molecule has 2 amide bonds. The van der Waals surface area contributed by atoms with Gasteiger partial charge in [0.15, 0.2) is 0 Å². The molecule has 0 saturated carbocycles. The molecule has 180 valence electrons. The van der Waals surface area contributed by atoms with Crippen molar-refractivity contribution in [3.63, 3.8) is 0 Å². The number of hydrogen-bond donors (Lipinski definition) is 1. The van der Waals surface area contributed by atoms with Crippen LogP contribution in [0.5, 0.6) is 0 Å². The molecule has 2 rings (SSSR count). The van der Waals surface area contributed by atoms with Gasteiger partial charge >= 0.3 is 0 Å². The lowest BCUT2D eigenvalue weighted by molar-refractivity contribution is -0.141. The van der Waals surface area contributed by atoms with Crippen LogP contribution >= 0.6 is 0 Å². The topological polar surface area (TPSA) is 49.4 Å². The summed E-state index contributed by atoms with van der Waals surface area (Å²) in [5, 5.41) is 3.07. The van der Waals surface area contributed by atoms with Crippen molar-refractivity contribution in [1.29, 1.82) is 0 Å². The van der Waals surface area contributed by atoms with Gasteiger partial charge in [0.1, 0.15) is 6.04 Å². The maximum Gasteiger partial charge on any atom is 0.243 e. The second-order valence-electron chi connectivity index (χ2n) is 10.2. The fraction of sp³-hybridized carbons (Fsp3) is 0.517. The van der Waals surface area contributed by atoms with Crippen LogP contribution in [0.3, 0.4) is 0 Å². The number of carbonyl (C=O) groups excluding carboxylic acids is 2. The summed E-state index contributed by atoms with van der Waals surface area (Å²) in [7, 11) is 0. The van der Waals surface area contributed by atoms with E-state index in [1.54, 1.807) is 4.90 Å². The minimum absolute atomic E-state index is 0.0154. The molecule has 0 unspecified atom stereocenters. The number of aryl methyl sites for hydroxylation is 2. The summed E-state index contributed by atoms with van der Waals surface area (Å²) >= 11 is 0. The summed E-state index contributed by atoms with van der Waals surface area (Å²) in [5.41, 5.74) is 4.75. The van der Waals surface area contributed by atoms with E-state index in [2.05, 4.69) is 62.5 Å². The Labute approximate surface area is 200 Å². The van der Waals surface area contributed by atoms with E-state index in [0.29, 0.717) is 25.8 Å². The van der Waals surface area contributed by atoms with Crippen molar-refractivity contribution in [2.24, 2.45) is 0 Å². The molecule has 0 aromatic heterocycles. The largest absolute Gasteiger partial charge is 0.352 e. The molecule has 33 heavy (non-hydrogen) atoms. The number of carbonyl (C=O) groups is 2. The van der Waals surface area contributed by atoms with E-state index in [0.717, 1.165) is 17.5 Å². The van der Waals surface area contributed by atoms with Crippen LogP contribution in [0.15, 0.2) is 48.5 Å². The van der Waals surface area contributed by atoms with E-state index in [1.807, 2.05) is 39.8 Å². The zero-order valence-corrected chi connectivity index (χ0v) is 21.6. The molecular weight excluding hydrogens is 408 g/mol. The van der Waals surface area contributed by atoms with E-state index >= 15 is 0 Å². The van der Waals surface area contributed by atoms with Crippen molar-refractivity contribution in [2.75, 3.05) is 0 Å². The Morgan fingerprint density at radius 3 is 2.00 bits per heavy atom. The van der Waals surface area contributed by atoms with Crippen molar-refractivity contribution in [3.8, 4) is 0 Å². The molecule has 2 aromatic carbocycles. The number of benzene rings is 2. The zero-order valence-electron chi connectivity index (χ0n) is 21.6. The molecule has 4 heteroatoms. The van der Waals surface area contributed by atoms with Gasteiger partial charge in [-0.25, -0.2) is 0 Å². The Kier molecular flexibility index (Phi) is 9.70. The number of hydrogen-bond acceptors (Lipinski definition) is 2. The number of nitrogens with one attached hydrogen (secondary N) is 1. The molecule has 0 fully saturated rings. The first kappa shape index (κ1) is 26.6.